The molecule has 4 rings (SSSR count). The van der Waals surface area contributed by atoms with Crippen LogP contribution >= 0.6 is 11.8 Å². The van der Waals surface area contributed by atoms with Crippen molar-refractivity contribution in [2.75, 3.05) is 18.2 Å². The van der Waals surface area contributed by atoms with Gasteiger partial charge in [-0.05, 0) is 47.2 Å². The summed E-state index contributed by atoms with van der Waals surface area (Å²) in [5.41, 5.74) is 3.35. The smallest absolute Gasteiger partial charge is 0.236 e. The minimum atomic E-state index is -0.187. The predicted octanol–water partition coefficient (Wildman–Crippen LogP) is 4.19. The Morgan fingerprint density at radius 2 is 1.85 bits per heavy atom. The van der Waals surface area contributed by atoms with Crippen LogP contribution in [-0.4, -0.2) is 48.8 Å². The van der Waals surface area contributed by atoms with E-state index < -0.39 is 0 Å². The lowest BCUT2D eigenvalue weighted by atomic mass is 9.92. The molecule has 0 aliphatic rings. The van der Waals surface area contributed by atoms with Gasteiger partial charge in [0.1, 0.15) is 17.3 Å². The summed E-state index contributed by atoms with van der Waals surface area (Å²) in [4.78, 5) is 12.9. The summed E-state index contributed by atoms with van der Waals surface area (Å²) in [5, 5.41) is 20.2. The number of carbonyl (C=O) groups is 1. The number of hydrogen-bond acceptors (Lipinski definition) is 7. The molecule has 0 bridgehead atoms. The van der Waals surface area contributed by atoms with E-state index in [2.05, 4.69) is 41.6 Å². The number of benzene rings is 2. The molecule has 0 fully saturated rings. The van der Waals surface area contributed by atoms with Gasteiger partial charge in [0.25, 0.3) is 0 Å². The molecule has 2 heterocycles. The van der Waals surface area contributed by atoms with Crippen LogP contribution in [0.3, 0.4) is 0 Å². The monoisotopic (exact) mass is 477 g/mol. The van der Waals surface area contributed by atoms with Crippen molar-refractivity contribution in [3.63, 3.8) is 0 Å². The third-order valence-electron chi connectivity index (χ3n) is 5.08. The Morgan fingerprint density at radius 3 is 2.56 bits per heavy atom. The fraction of sp³-hybridized carbons (Fsp3) is 0.292. The summed E-state index contributed by atoms with van der Waals surface area (Å²) in [5.74, 6) is 1.19. The number of aromatic nitrogens is 6. The first-order valence-electron chi connectivity index (χ1n) is 10.8. The Bertz CT molecular complexity index is 1290. The number of carbonyl (C=O) groups excluding carboxylic acids is 1. The molecule has 34 heavy (non-hydrogen) atoms. The Hall–Kier alpha value is -3.66. The van der Waals surface area contributed by atoms with Crippen LogP contribution in [0.4, 0.5) is 5.82 Å². The number of hydrogen-bond donors (Lipinski definition) is 1. The van der Waals surface area contributed by atoms with E-state index in [-0.39, 0.29) is 17.1 Å². The summed E-state index contributed by atoms with van der Waals surface area (Å²) < 4.78 is 8.79. The van der Waals surface area contributed by atoms with Gasteiger partial charge in [0.05, 0.1) is 24.2 Å². The second-order valence-corrected chi connectivity index (χ2v) is 9.74. The number of tetrazole rings is 1. The second-order valence-electron chi connectivity index (χ2n) is 8.80. The van der Waals surface area contributed by atoms with Crippen molar-refractivity contribution in [1.29, 1.82) is 0 Å². The third-order valence-corrected chi connectivity index (χ3v) is 6.00. The van der Waals surface area contributed by atoms with Gasteiger partial charge < -0.3 is 10.1 Å². The number of nitrogens with one attached hydrogen (secondary N) is 1. The Morgan fingerprint density at radius 1 is 1.09 bits per heavy atom. The fourth-order valence-corrected chi connectivity index (χ4v) is 3.98. The number of aryl methyl sites for hydroxylation is 1. The summed E-state index contributed by atoms with van der Waals surface area (Å²) in [6.07, 6.45) is 0. The predicted molar refractivity (Wildman–Crippen MR) is 132 cm³/mol. The van der Waals surface area contributed by atoms with Gasteiger partial charge in [-0.3, -0.25) is 4.79 Å². The molecule has 176 valence electrons. The molecular weight excluding hydrogens is 450 g/mol. The van der Waals surface area contributed by atoms with E-state index in [9.17, 15) is 4.79 Å². The molecule has 1 N–H and O–H groups in total. The average molecular weight is 478 g/mol. The van der Waals surface area contributed by atoms with Crippen molar-refractivity contribution >= 4 is 23.5 Å². The SMILES string of the molecule is COc1ccc(C)cc1-n1nnnc1SCC(=O)Nc1cc(C(C)(C)C)nn1-c1ccccc1. The number of rotatable bonds is 7. The largest absolute Gasteiger partial charge is 0.494 e. The zero-order valence-electron chi connectivity index (χ0n) is 19.8. The van der Waals surface area contributed by atoms with Crippen molar-refractivity contribution in [3.8, 4) is 17.1 Å². The van der Waals surface area contributed by atoms with Crippen LogP contribution in [0.25, 0.3) is 11.4 Å². The maximum atomic E-state index is 12.9. The number of thioether (sulfide) groups is 1. The van der Waals surface area contributed by atoms with Crippen LogP contribution in [0.5, 0.6) is 5.75 Å². The zero-order valence-corrected chi connectivity index (χ0v) is 20.6. The molecule has 0 radical (unpaired) electrons. The number of ether oxygens (including phenoxy) is 1. The van der Waals surface area contributed by atoms with Gasteiger partial charge in [0.15, 0.2) is 0 Å². The van der Waals surface area contributed by atoms with Crippen LogP contribution < -0.4 is 10.1 Å². The number of methoxy groups -OCH3 is 1. The van der Waals surface area contributed by atoms with Crippen LogP contribution in [0.2, 0.25) is 0 Å². The summed E-state index contributed by atoms with van der Waals surface area (Å²) in [7, 11) is 1.60. The fourth-order valence-electron chi connectivity index (χ4n) is 3.30. The van der Waals surface area contributed by atoms with E-state index >= 15 is 0 Å². The molecule has 1 amide bonds. The van der Waals surface area contributed by atoms with Crippen molar-refractivity contribution in [2.24, 2.45) is 0 Å². The highest BCUT2D eigenvalue weighted by atomic mass is 32.2. The van der Waals surface area contributed by atoms with Crippen molar-refractivity contribution in [3.05, 3.63) is 65.9 Å². The molecular formula is C24H27N7O2S. The molecule has 0 saturated carbocycles. The first-order chi connectivity index (χ1) is 16.3. The van der Waals surface area contributed by atoms with E-state index in [4.69, 9.17) is 9.84 Å². The number of para-hydroxylation sites is 1. The molecule has 0 saturated heterocycles. The lowest BCUT2D eigenvalue weighted by Crippen LogP contribution is -2.17. The van der Waals surface area contributed by atoms with Gasteiger partial charge in [-0.1, -0.05) is 56.8 Å². The quantitative estimate of drug-likeness (QED) is 0.398. The maximum Gasteiger partial charge on any atom is 0.236 e. The minimum Gasteiger partial charge on any atom is -0.494 e. The van der Waals surface area contributed by atoms with Crippen molar-refractivity contribution < 1.29 is 9.53 Å². The van der Waals surface area contributed by atoms with Gasteiger partial charge >= 0.3 is 0 Å². The number of anilines is 1. The molecule has 0 aliphatic heterocycles. The Kier molecular flexibility index (Phi) is 6.69. The average Bonchev–Trinajstić information content (AvgIpc) is 3.45. The standard InChI is InChI=1S/C24H27N7O2S/c1-16-11-12-19(33-5)18(13-16)31-23(26-28-29-31)34-15-22(32)25-21-14-20(24(2,3)4)27-30(21)17-9-7-6-8-10-17/h6-14H,15H2,1-5H3,(H,25,32). The molecule has 0 atom stereocenters. The number of nitrogens with zero attached hydrogens (tertiary/aromatic N) is 6. The lowest BCUT2D eigenvalue weighted by Gasteiger charge is -2.14. The second kappa shape index (κ2) is 9.68. The third kappa shape index (κ3) is 5.12. The van der Waals surface area contributed by atoms with Crippen LogP contribution in [-0.2, 0) is 10.2 Å². The van der Waals surface area contributed by atoms with Gasteiger partial charge in [-0.15, -0.1) is 5.10 Å². The maximum absolute atomic E-state index is 12.9. The van der Waals surface area contributed by atoms with Gasteiger partial charge in [0, 0.05) is 11.5 Å². The van der Waals surface area contributed by atoms with Crippen molar-refractivity contribution in [2.45, 2.75) is 38.3 Å². The van der Waals surface area contributed by atoms with Crippen LogP contribution in [0.15, 0.2) is 59.8 Å². The zero-order chi connectivity index (χ0) is 24.3. The summed E-state index contributed by atoms with van der Waals surface area (Å²) in [6.45, 7) is 8.25. The molecule has 4 aromatic rings. The Balaban J connectivity index is 1.53. The van der Waals surface area contributed by atoms with E-state index in [0.717, 1.165) is 16.9 Å². The minimum absolute atomic E-state index is 0.124. The first kappa shape index (κ1) is 23.5. The Labute approximate surface area is 202 Å². The lowest BCUT2D eigenvalue weighted by molar-refractivity contribution is -0.113. The summed E-state index contributed by atoms with van der Waals surface area (Å²) >= 11 is 1.24. The molecule has 2 aromatic carbocycles. The van der Waals surface area contributed by atoms with E-state index in [1.54, 1.807) is 16.5 Å². The summed E-state index contributed by atoms with van der Waals surface area (Å²) in [6, 6.07) is 17.4. The van der Waals surface area contributed by atoms with Crippen molar-refractivity contribution in [1.82, 2.24) is 30.0 Å². The molecule has 2 aromatic heterocycles. The highest BCUT2D eigenvalue weighted by Gasteiger charge is 2.22. The van der Waals surface area contributed by atoms with E-state index in [1.807, 2.05) is 61.5 Å². The van der Waals surface area contributed by atoms with E-state index in [0.29, 0.717) is 22.4 Å². The molecule has 0 spiro atoms. The molecule has 0 aliphatic carbocycles. The van der Waals surface area contributed by atoms with Gasteiger partial charge in [0.2, 0.25) is 11.1 Å². The highest BCUT2D eigenvalue weighted by molar-refractivity contribution is 7.99. The van der Waals surface area contributed by atoms with Crippen LogP contribution in [0.1, 0.15) is 32.0 Å². The topological polar surface area (TPSA) is 99.8 Å². The molecule has 9 nitrogen and oxygen atoms in total. The number of amides is 1. The normalized spacial score (nSPS) is 11.4. The van der Waals surface area contributed by atoms with E-state index in [1.165, 1.54) is 11.8 Å². The molecule has 10 heteroatoms. The first-order valence-corrected chi connectivity index (χ1v) is 11.8. The van der Waals surface area contributed by atoms with Gasteiger partial charge in [-0.2, -0.15) is 9.78 Å². The molecule has 0 unspecified atom stereocenters. The highest BCUT2D eigenvalue weighted by Crippen LogP contribution is 2.28. The van der Waals surface area contributed by atoms with Crippen LogP contribution in [0, 0.1) is 6.92 Å². The van der Waals surface area contributed by atoms with Gasteiger partial charge in [-0.25, -0.2) is 4.68 Å².